The van der Waals surface area contributed by atoms with Gasteiger partial charge in [0.15, 0.2) is 3.42 Å². The van der Waals surface area contributed by atoms with Crippen LogP contribution in [0.2, 0.25) is 0 Å². The Hall–Kier alpha value is 0.307. The standard InChI is InChI=1S/C7H5Cl3Si/c8-7(9,10)11-6-4-2-1-3-5-6/h1-5H. The number of halogens is 3. The third kappa shape index (κ3) is 4.02. The van der Waals surface area contributed by atoms with Gasteiger partial charge in [0.1, 0.15) is 9.52 Å². The molecule has 1 aromatic rings. The molecule has 0 nitrogen and oxygen atoms in total. The van der Waals surface area contributed by atoms with E-state index in [1.807, 2.05) is 30.3 Å². The Labute approximate surface area is 83.3 Å². The zero-order chi connectivity index (χ0) is 8.32. The van der Waals surface area contributed by atoms with Crippen molar-refractivity contribution in [3.8, 4) is 0 Å². The predicted octanol–water partition coefficient (Wildman–Crippen LogP) is 2.34. The van der Waals surface area contributed by atoms with Crippen LogP contribution in [0, 0.1) is 0 Å². The first-order valence-electron chi connectivity index (χ1n) is 2.98. The van der Waals surface area contributed by atoms with E-state index in [0.29, 0.717) is 0 Å². The molecule has 0 fully saturated rings. The molecular weight excluding hydrogens is 219 g/mol. The molecule has 0 amide bonds. The van der Waals surface area contributed by atoms with Crippen molar-refractivity contribution in [1.82, 2.24) is 0 Å². The fraction of sp³-hybridized carbons (Fsp3) is 0.143. The molecule has 0 atom stereocenters. The maximum absolute atomic E-state index is 5.61. The molecule has 0 aromatic heterocycles. The summed E-state index contributed by atoms with van der Waals surface area (Å²) in [5, 5.41) is 1.06. The summed E-state index contributed by atoms with van der Waals surface area (Å²) in [6.07, 6.45) is 0. The second kappa shape index (κ2) is 3.81. The van der Waals surface area contributed by atoms with Gasteiger partial charge in [-0.25, -0.2) is 0 Å². The topological polar surface area (TPSA) is 0 Å². The summed E-state index contributed by atoms with van der Waals surface area (Å²) in [4.78, 5) is 0. The monoisotopic (exact) mass is 222 g/mol. The Balaban J connectivity index is 2.66. The van der Waals surface area contributed by atoms with Crippen LogP contribution >= 0.6 is 34.8 Å². The van der Waals surface area contributed by atoms with Crippen molar-refractivity contribution in [3.63, 3.8) is 0 Å². The molecule has 0 saturated carbocycles. The van der Waals surface area contributed by atoms with E-state index in [0.717, 1.165) is 5.19 Å². The van der Waals surface area contributed by atoms with Gasteiger partial charge in [-0.2, -0.15) is 0 Å². The summed E-state index contributed by atoms with van der Waals surface area (Å²) < 4.78 is -1.15. The van der Waals surface area contributed by atoms with Gasteiger partial charge >= 0.3 is 0 Å². The highest BCUT2D eigenvalue weighted by molar-refractivity contribution is 6.91. The van der Waals surface area contributed by atoms with E-state index in [-0.39, 0.29) is 9.52 Å². The minimum absolute atomic E-state index is 0.210. The van der Waals surface area contributed by atoms with E-state index in [2.05, 4.69) is 0 Å². The lowest BCUT2D eigenvalue weighted by Crippen LogP contribution is -2.26. The van der Waals surface area contributed by atoms with Gasteiger partial charge in [0.25, 0.3) is 0 Å². The molecule has 0 aliphatic heterocycles. The van der Waals surface area contributed by atoms with Crippen molar-refractivity contribution in [3.05, 3.63) is 30.3 Å². The van der Waals surface area contributed by atoms with Crippen molar-refractivity contribution in [2.75, 3.05) is 0 Å². The molecule has 4 heteroatoms. The van der Waals surface area contributed by atoms with Crippen LogP contribution in [-0.2, 0) is 0 Å². The number of alkyl halides is 3. The van der Waals surface area contributed by atoms with Gasteiger partial charge < -0.3 is 0 Å². The van der Waals surface area contributed by atoms with Crippen LogP contribution in [0.1, 0.15) is 0 Å². The van der Waals surface area contributed by atoms with Gasteiger partial charge in [-0.3, -0.25) is 0 Å². The zero-order valence-corrected chi connectivity index (χ0v) is 8.79. The van der Waals surface area contributed by atoms with Crippen molar-refractivity contribution >= 4 is 49.5 Å². The lowest BCUT2D eigenvalue weighted by molar-refractivity contribution is 1.68. The highest BCUT2D eigenvalue weighted by atomic mass is 35.6. The molecule has 0 spiro atoms. The molecule has 2 radical (unpaired) electrons. The van der Waals surface area contributed by atoms with Gasteiger partial charge in [0, 0.05) is 0 Å². The first-order valence-corrected chi connectivity index (χ1v) is 5.11. The van der Waals surface area contributed by atoms with E-state index in [9.17, 15) is 0 Å². The van der Waals surface area contributed by atoms with Crippen LogP contribution in [-0.4, -0.2) is 12.9 Å². The predicted molar refractivity (Wildman–Crippen MR) is 52.1 cm³/mol. The number of benzene rings is 1. The van der Waals surface area contributed by atoms with E-state index < -0.39 is 3.42 Å². The maximum Gasteiger partial charge on any atom is 0.177 e. The molecule has 0 bridgehead atoms. The molecule has 58 valence electrons. The van der Waals surface area contributed by atoms with Gasteiger partial charge in [0.2, 0.25) is 0 Å². The van der Waals surface area contributed by atoms with Crippen LogP contribution in [0.15, 0.2) is 30.3 Å². The molecule has 0 aliphatic rings. The molecule has 1 aromatic carbocycles. The lowest BCUT2D eigenvalue weighted by Gasteiger charge is -2.07. The minimum Gasteiger partial charge on any atom is -0.0884 e. The summed E-state index contributed by atoms with van der Waals surface area (Å²) in [5.74, 6) is 0. The van der Waals surface area contributed by atoms with Crippen LogP contribution in [0.25, 0.3) is 0 Å². The van der Waals surface area contributed by atoms with Crippen molar-refractivity contribution in [2.24, 2.45) is 0 Å². The molecule has 1 rings (SSSR count). The normalized spacial score (nSPS) is 11.5. The first kappa shape index (κ1) is 9.40. The summed E-state index contributed by atoms with van der Waals surface area (Å²) in [5.41, 5.74) is 0. The smallest absolute Gasteiger partial charge is 0.0884 e. The first-order chi connectivity index (χ1) is 5.08. The number of hydrogen-bond donors (Lipinski definition) is 0. The van der Waals surface area contributed by atoms with Crippen LogP contribution in [0.5, 0.6) is 0 Å². The van der Waals surface area contributed by atoms with Crippen LogP contribution in [0.4, 0.5) is 0 Å². The summed E-state index contributed by atoms with van der Waals surface area (Å²) in [7, 11) is 0.210. The average Bonchev–Trinajstić information content (AvgIpc) is 1.85. The second-order valence-electron chi connectivity index (χ2n) is 1.99. The summed E-state index contributed by atoms with van der Waals surface area (Å²) in [6.45, 7) is 0. The van der Waals surface area contributed by atoms with E-state index in [4.69, 9.17) is 34.8 Å². The van der Waals surface area contributed by atoms with E-state index in [1.165, 1.54) is 0 Å². The summed E-state index contributed by atoms with van der Waals surface area (Å²) >= 11 is 16.8. The largest absolute Gasteiger partial charge is 0.177 e. The quantitative estimate of drug-likeness (QED) is 0.506. The molecule has 0 heterocycles. The Morgan fingerprint density at radius 1 is 1.00 bits per heavy atom. The number of hydrogen-bond acceptors (Lipinski definition) is 0. The number of rotatable bonds is 1. The van der Waals surface area contributed by atoms with Gasteiger partial charge in [-0.1, -0.05) is 70.3 Å². The van der Waals surface area contributed by atoms with E-state index in [1.54, 1.807) is 0 Å². The molecular formula is C7H5Cl3Si. The van der Waals surface area contributed by atoms with Gasteiger partial charge in [0.05, 0.1) is 0 Å². The van der Waals surface area contributed by atoms with Crippen molar-refractivity contribution < 1.29 is 0 Å². The second-order valence-corrected chi connectivity index (χ2v) is 6.80. The van der Waals surface area contributed by atoms with Crippen LogP contribution < -0.4 is 5.19 Å². The van der Waals surface area contributed by atoms with Crippen molar-refractivity contribution in [2.45, 2.75) is 3.42 Å². The highest BCUT2D eigenvalue weighted by Crippen LogP contribution is 2.23. The van der Waals surface area contributed by atoms with Gasteiger partial charge in [-0.15, -0.1) is 0 Å². The molecule has 0 saturated heterocycles. The third-order valence-electron chi connectivity index (χ3n) is 1.06. The Morgan fingerprint density at radius 3 is 2.00 bits per heavy atom. The summed E-state index contributed by atoms with van der Waals surface area (Å²) in [6, 6.07) is 9.69. The van der Waals surface area contributed by atoms with Gasteiger partial charge in [-0.05, 0) is 0 Å². The Bertz CT molecular complexity index is 217. The fourth-order valence-corrected chi connectivity index (χ4v) is 2.35. The average molecular weight is 224 g/mol. The Morgan fingerprint density at radius 2 is 1.55 bits per heavy atom. The molecule has 0 N–H and O–H groups in total. The molecule has 0 aliphatic carbocycles. The fourth-order valence-electron chi connectivity index (χ4n) is 0.685. The highest BCUT2D eigenvalue weighted by Gasteiger charge is 2.20. The maximum atomic E-state index is 5.61. The molecule has 11 heavy (non-hydrogen) atoms. The van der Waals surface area contributed by atoms with Crippen molar-refractivity contribution in [1.29, 1.82) is 0 Å². The Kier molecular flexibility index (Phi) is 3.25. The van der Waals surface area contributed by atoms with E-state index >= 15 is 0 Å². The molecule has 0 unspecified atom stereocenters. The SMILES string of the molecule is ClC(Cl)(Cl)[Si]c1ccccc1. The third-order valence-corrected chi connectivity index (χ3v) is 2.82. The zero-order valence-electron chi connectivity index (χ0n) is 5.52. The minimum atomic E-state index is -1.15. The lowest BCUT2D eigenvalue weighted by atomic mass is 10.4. The van der Waals surface area contributed by atoms with Crippen LogP contribution in [0.3, 0.4) is 0 Å².